The topological polar surface area (TPSA) is 128 Å². The summed E-state index contributed by atoms with van der Waals surface area (Å²) >= 11 is 1.43. The first-order valence-corrected chi connectivity index (χ1v) is 15.2. The van der Waals surface area contributed by atoms with Crippen LogP contribution in [-0.2, 0) is 31.2 Å². The Hall–Kier alpha value is -4.43. The Morgan fingerprint density at radius 3 is 2.78 bits per heavy atom. The van der Waals surface area contributed by atoms with E-state index in [2.05, 4.69) is 10.2 Å². The van der Waals surface area contributed by atoms with Crippen LogP contribution in [0.3, 0.4) is 0 Å². The van der Waals surface area contributed by atoms with E-state index in [-0.39, 0.29) is 36.4 Å². The molecule has 45 heavy (non-hydrogen) atoms. The molecule has 3 aromatic rings. The number of pyridine rings is 1. The van der Waals surface area contributed by atoms with Crippen molar-refractivity contribution in [3.05, 3.63) is 92.4 Å². The number of ether oxygens (including phenoxy) is 4. The number of aliphatic hydroxyl groups is 1. The molecule has 1 saturated carbocycles. The summed E-state index contributed by atoms with van der Waals surface area (Å²) in [6.45, 7) is 3.11. The lowest BCUT2D eigenvalue weighted by molar-refractivity contribution is -0.604. The van der Waals surface area contributed by atoms with E-state index in [1.807, 2.05) is 18.2 Å². The molecule has 234 valence electrons. The number of nitrogens with one attached hydrogen (secondary N) is 1. The van der Waals surface area contributed by atoms with Crippen molar-refractivity contribution >= 4 is 29.8 Å². The predicted octanol–water partition coefficient (Wildman–Crippen LogP) is 3.56. The van der Waals surface area contributed by atoms with Crippen molar-refractivity contribution in [3.63, 3.8) is 0 Å². The molecule has 1 aliphatic carbocycles. The van der Waals surface area contributed by atoms with Gasteiger partial charge in [-0.25, -0.2) is 23.0 Å². The first kappa shape index (κ1) is 29.3. The number of methoxy groups -OCH3 is 1. The van der Waals surface area contributed by atoms with E-state index in [4.69, 9.17) is 14.2 Å². The van der Waals surface area contributed by atoms with Crippen LogP contribution in [0.5, 0.6) is 5.75 Å². The number of hydrogen-bond acceptors (Lipinski definition) is 9. The fourth-order valence-corrected chi connectivity index (χ4v) is 7.70. The number of nitrogens with zero attached hydrogens (tertiary/aromatic N) is 2. The number of rotatable bonds is 4. The van der Waals surface area contributed by atoms with Crippen LogP contribution in [-0.4, -0.2) is 70.0 Å². The largest absolute Gasteiger partial charge is 0.515 e. The smallest absolute Gasteiger partial charge is 0.466 e. The lowest BCUT2D eigenvalue weighted by atomic mass is 9.94. The van der Waals surface area contributed by atoms with Crippen molar-refractivity contribution in [3.8, 4) is 5.75 Å². The van der Waals surface area contributed by atoms with Crippen LogP contribution in [0.4, 0.5) is 13.6 Å². The average Bonchev–Trinajstić information content (AvgIpc) is 3.71. The molecule has 0 bridgehead atoms. The van der Waals surface area contributed by atoms with Gasteiger partial charge in [0.2, 0.25) is 22.5 Å². The van der Waals surface area contributed by atoms with Crippen LogP contribution in [0.15, 0.2) is 52.3 Å². The van der Waals surface area contributed by atoms with Crippen molar-refractivity contribution in [2.24, 2.45) is 0 Å². The monoisotopic (exact) mass is 640 g/mol. The molecule has 1 saturated heterocycles. The van der Waals surface area contributed by atoms with E-state index in [0.29, 0.717) is 17.5 Å². The van der Waals surface area contributed by atoms with E-state index in [1.165, 1.54) is 36.5 Å². The zero-order chi connectivity index (χ0) is 31.8. The number of morpholine rings is 1. The molecular weight excluding hydrogens is 612 g/mol. The van der Waals surface area contributed by atoms with Crippen LogP contribution in [0, 0.1) is 11.6 Å². The molecule has 1 spiro atoms. The first-order chi connectivity index (χ1) is 21.5. The third kappa shape index (κ3) is 4.41. The molecule has 1 aromatic heterocycles. The van der Waals surface area contributed by atoms with Crippen molar-refractivity contribution in [2.45, 2.75) is 54.2 Å². The lowest BCUT2D eigenvalue weighted by Gasteiger charge is -2.30. The van der Waals surface area contributed by atoms with E-state index in [0.717, 1.165) is 35.3 Å². The molecule has 1 unspecified atom stereocenters. The van der Waals surface area contributed by atoms with Gasteiger partial charge in [0, 0.05) is 28.5 Å². The number of hydrogen-bond donors (Lipinski definition) is 2. The molecule has 4 heterocycles. The van der Waals surface area contributed by atoms with Gasteiger partial charge in [-0.3, -0.25) is 10.2 Å². The molecule has 2 aromatic carbocycles. The molecule has 3 aliphatic heterocycles. The average molecular weight is 641 g/mol. The first-order valence-electron chi connectivity index (χ1n) is 14.2. The summed E-state index contributed by atoms with van der Waals surface area (Å²) in [4.78, 5) is 38.5. The fourth-order valence-electron chi connectivity index (χ4n) is 6.55. The second-order valence-electron chi connectivity index (χ2n) is 11.7. The van der Waals surface area contributed by atoms with Crippen LogP contribution < -0.4 is 15.6 Å². The van der Waals surface area contributed by atoms with Gasteiger partial charge in [-0.1, -0.05) is 18.2 Å². The van der Waals surface area contributed by atoms with Crippen LogP contribution >= 0.6 is 11.8 Å². The molecule has 2 fully saturated rings. The Kier molecular flexibility index (Phi) is 6.71. The van der Waals surface area contributed by atoms with Gasteiger partial charge in [0.05, 0.1) is 7.11 Å². The van der Waals surface area contributed by atoms with Crippen LogP contribution in [0.25, 0.3) is 0 Å². The maximum atomic E-state index is 14.7. The predicted molar refractivity (Wildman–Crippen MR) is 156 cm³/mol. The highest BCUT2D eigenvalue weighted by Gasteiger charge is 2.80. The second kappa shape index (κ2) is 10.3. The van der Waals surface area contributed by atoms with E-state index in [1.54, 1.807) is 10.6 Å². The number of thioether (sulfide) groups is 1. The summed E-state index contributed by atoms with van der Waals surface area (Å²) in [6, 6.07) is 9.75. The summed E-state index contributed by atoms with van der Waals surface area (Å²) in [5, 5.41) is 11.7. The van der Waals surface area contributed by atoms with E-state index < -0.39 is 52.3 Å². The van der Waals surface area contributed by atoms with E-state index in [9.17, 15) is 28.3 Å². The highest BCUT2D eigenvalue weighted by atomic mass is 32.2. The Bertz CT molecular complexity index is 1890. The van der Waals surface area contributed by atoms with Crippen molar-refractivity contribution in [2.75, 3.05) is 25.7 Å². The minimum Gasteiger partial charge on any atom is -0.466 e. The summed E-state index contributed by atoms with van der Waals surface area (Å²) < 4.78 is 53.1. The summed E-state index contributed by atoms with van der Waals surface area (Å²) in [6.07, 6.45) is 0.0212. The van der Waals surface area contributed by atoms with E-state index >= 15 is 0 Å². The van der Waals surface area contributed by atoms with Gasteiger partial charge in [0.15, 0.2) is 24.3 Å². The number of benzene rings is 2. The quantitative estimate of drug-likeness (QED) is 0.323. The maximum absolute atomic E-state index is 14.7. The van der Waals surface area contributed by atoms with Gasteiger partial charge >= 0.3 is 18.0 Å². The second-order valence-corrected chi connectivity index (χ2v) is 12.7. The van der Waals surface area contributed by atoms with Crippen molar-refractivity contribution in [1.29, 1.82) is 0 Å². The van der Waals surface area contributed by atoms with Crippen molar-refractivity contribution in [1.82, 2.24) is 4.68 Å². The summed E-state index contributed by atoms with van der Waals surface area (Å²) in [7, 11) is 1.14. The van der Waals surface area contributed by atoms with Crippen molar-refractivity contribution < 1.29 is 47.0 Å². The number of fused-ring (bicyclic) bond motifs is 3. The normalized spacial score (nSPS) is 22.8. The minimum atomic E-state index is -1.70. The SMILES string of the molecule is COC(=O)C(C)(C)OC(=O)Oc1c2n(ccc1=O)N[C@@]13C(c4cccc5c4Cc4ccc(F)c(F)c4CS5)[C@@H]1OCC[N+]3=C2O. The van der Waals surface area contributed by atoms with Gasteiger partial charge in [-0.05, 0) is 49.1 Å². The number of carbonyl (C=O) groups is 2. The number of esters is 1. The maximum Gasteiger partial charge on any atom is 0.515 e. The molecular formula is C31H28F2N3O8S+. The number of aliphatic hydroxyl groups excluding tert-OH is 1. The summed E-state index contributed by atoms with van der Waals surface area (Å²) in [5.41, 5.74) is 2.80. The zero-order valence-corrected chi connectivity index (χ0v) is 25.2. The molecule has 0 radical (unpaired) electrons. The molecule has 7 rings (SSSR count). The van der Waals surface area contributed by atoms with Gasteiger partial charge in [0.1, 0.15) is 12.5 Å². The molecule has 0 amide bonds. The third-order valence-electron chi connectivity index (χ3n) is 8.72. The van der Waals surface area contributed by atoms with Gasteiger partial charge < -0.3 is 24.1 Å². The fraction of sp³-hybridized carbons (Fsp3) is 0.355. The Morgan fingerprint density at radius 2 is 2.00 bits per heavy atom. The van der Waals surface area contributed by atoms with Crippen LogP contribution in [0.1, 0.15) is 47.7 Å². The van der Waals surface area contributed by atoms with Crippen LogP contribution in [0.2, 0.25) is 0 Å². The van der Waals surface area contributed by atoms with Gasteiger partial charge in [-0.15, -0.1) is 11.8 Å². The van der Waals surface area contributed by atoms with Gasteiger partial charge in [0.25, 0.3) is 5.66 Å². The highest BCUT2D eigenvalue weighted by molar-refractivity contribution is 7.98. The lowest BCUT2D eigenvalue weighted by Crippen LogP contribution is -2.56. The highest BCUT2D eigenvalue weighted by Crippen LogP contribution is 2.59. The minimum absolute atomic E-state index is 0.110. The molecule has 4 aliphatic rings. The number of aromatic nitrogens is 1. The Labute approximate surface area is 259 Å². The number of halogens is 2. The number of carbonyl (C=O) groups excluding carboxylic acids is 2. The molecule has 11 nitrogen and oxygen atoms in total. The molecule has 14 heteroatoms. The molecule has 3 atom stereocenters. The Morgan fingerprint density at radius 1 is 1.20 bits per heavy atom. The standard InChI is InChI=1S/C31H27F2N3O8S/c1-30(2,28(39)41-3)44-29(40)43-25-20(37)9-10-36-24(25)27(38)35-11-12-42-26-22(31(26,35)34-36)16-5-4-6-21-17(16)13-15-7-8-19(32)23(33)18(15)14-45-21/h4-10,22,26,34H,11-14H2,1-3H3/p+1/t22?,26-,31+/m0/s1. The Balaban J connectivity index is 1.27. The summed E-state index contributed by atoms with van der Waals surface area (Å²) in [5.74, 6) is -3.40. The zero-order valence-electron chi connectivity index (χ0n) is 24.4. The molecule has 2 N–H and O–H groups in total. The third-order valence-corrected chi connectivity index (χ3v) is 9.85. The van der Waals surface area contributed by atoms with Gasteiger partial charge in [-0.2, -0.15) is 4.58 Å².